The summed E-state index contributed by atoms with van der Waals surface area (Å²) in [5.74, 6) is -0.189. The highest BCUT2D eigenvalue weighted by molar-refractivity contribution is 5.87. The van der Waals surface area contributed by atoms with Crippen molar-refractivity contribution in [2.24, 2.45) is 0 Å². The summed E-state index contributed by atoms with van der Waals surface area (Å²) in [5.41, 5.74) is 0.646. The van der Waals surface area contributed by atoms with Crippen molar-refractivity contribution in [1.29, 1.82) is 0 Å². The first-order valence-electron chi connectivity index (χ1n) is 12.2. The van der Waals surface area contributed by atoms with Crippen molar-refractivity contribution in [1.82, 2.24) is 0 Å². The molecule has 0 aliphatic rings. The van der Waals surface area contributed by atoms with Crippen LogP contribution < -0.4 is 0 Å². The van der Waals surface area contributed by atoms with E-state index in [0.717, 1.165) is 38.5 Å². The molecule has 0 aliphatic carbocycles. The van der Waals surface area contributed by atoms with Gasteiger partial charge in [0.05, 0.1) is 6.61 Å². The van der Waals surface area contributed by atoms with Crippen LogP contribution in [0.5, 0.6) is 0 Å². The Kier molecular flexibility index (Phi) is 21.8. The molecule has 1 N–H and O–H groups in total. The summed E-state index contributed by atoms with van der Waals surface area (Å²) < 4.78 is 5.35. The van der Waals surface area contributed by atoms with Crippen molar-refractivity contribution in [3.63, 3.8) is 0 Å². The largest absolute Gasteiger partial charge is 0.462 e. The third-order valence-corrected chi connectivity index (χ3v) is 5.41. The van der Waals surface area contributed by atoms with Crippen molar-refractivity contribution >= 4 is 5.97 Å². The van der Waals surface area contributed by atoms with Crippen LogP contribution in [-0.2, 0) is 9.53 Å². The summed E-state index contributed by atoms with van der Waals surface area (Å²) in [6, 6.07) is 0. The van der Waals surface area contributed by atoms with Gasteiger partial charge in [-0.15, -0.1) is 0 Å². The lowest BCUT2D eigenvalue weighted by Crippen LogP contribution is -2.08. The van der Waals surface area contributed by atoms with Gasteiger partial charge < -0.3 is 9.84 Å². The summed E-state index contributed by atoms with van der Waals surface area (Å²) in [4.78, 5) is 11.9. The van der Waals surface area contributed by atoms with Crippen LogP contribution in [0.3, 0.4) is 0 Å². The zero-order valence-corrected chi connectivity index (χ0v) is 18.8. The smallest absolute Gasteiger partial charge is 0.333 e. The quantitative estimate of drug-likeness (QED) is 0.117. The number of unbranched alkanes of at least 4 members (excludes halogenated alkanes) is 16. The fourth-order valence-electron chi connectivity index (χ4n) is 3.47. The number of esters is 1. The Hall–Kier alpha value is -0.830. The number of rotatable bonds is 22. The molecule has 166 valence electrons. The van der Waals surface area contributed by atoms with Gasteiger partial charge >= 0.3 is 5.97 Å². The second-order valence-corrected chi connectivity index (χ2v) is 8.22. The molecule has 0 saturated heterocycles. The van der Waals surface area contributed by atoms with E-state index in [1.165, 1.54) is 83.5 Å². The third kappa shape index (κ3) is 19.9. The van der Waals surface area contributed by atoms with Crippen LogP contribution in [0.1, 0.15) is 129 Å². The second-order valence-electron chi connectivity index (χ2n) is 8.22. The van der Waals surface area contributed by atoms with Gasteiger partial charge in [-0.3, -0.25) is 0 Å². The molecule has 0 radical (unpaired) electrons. The molecule has 0 aromatic heterocycles. The van der Waals surface area contributed by atoms with Gasteiger partial charge in [-0.05, 0) is 25.7 Å². The minimum atomic E-state index is -0.189. The Morgan fingerprint density at radius 2 is 1.11 bits per heavy atom. The number of carbonyl (C=O) groups excluding carboxylic acids is 1. The Balaban J connectivity index is 3.31. The fraction of sp³-hybridized carbons (Fsp3) is 0.880. The summed E-state index contributed by atoms with van der Waals surface area (Å²) in [7, 11) is 0. The topological polar surface area (TPSA) is 46.5 Å². The standard InChI is InChI=1S/C25H48O3/c1-3-4-5-6-7-12-15-18-21-24(2)25(27)28-23-20-17-14-11-9-8-10-13-16-19-22-26/h26H,2-23H2,1H3. The first-order valence-corrected chi connectivity index (χ1v) is 12.2. The van der Waals surface area contributed by atoms with Crippen LogP contribution in [-0.4, -0.2) is 24.3 Å². The Morgan fingerprint density at radius 1 is 0.679 bits per heavy atom. The molecule has 0 fully saturated rings. The Morgan fingerprint density at radius 3 is 1.61 bits per heavy atom. The molecule has 0 atom stereocenters. The number of carbonyl (C=O) groups is 1. The molecular weight excluding hydrogens is 348 g/mol. The fourth-order valence-corrected chi connectivity index (χ4v) is 3.47. The van der Waals surface area contributed by atoms with Gasteiger partial charge in [0.2, 0.25) is 0 Å². The highest BCUT2D eigenvalue weighted by atomic mass is 16.5. The van der Waals surface area contributed by atoms with Crippen molar-refractivity contribution in [2.45, 2.75) is 129 Å². The lowest BCUT2D eigenvalue weighted by molar-refractivity contribution is -0.139. The minimum Gasteiger partial charge on any atom is -0.462 e. The van der Waals surface area contributed by atoms with E-state index in [9.17, 15) is 4.79 Å². The molecule has 0 spiro atoms. The van der Waals surface area contributed by atoms with E-state index in [1.807, 2.05) is 0 Å². The average Bonchev–Trinajstić information content (AvgIpc) is 2.70. The molecule has 0 aromatic rings. The summed E-state index contributed by atoms with van der Waals surface area (Å²) in [6.45, 7) is 7.01. The Labute approximate surface area is 175 Å². The van der Waals surface area contributed by atoms with Crippen molar-refractivity contribution < 1.29 is 14.6 Å². The van der Waals surface area contributed by atoms with E-state index in [0.29, 0.717) is 18.8 Å². The van der Waals surface area contributed by atoms with Crippen LogP contribution in [0.2, 0.25) is 0 Å². The van der Waals surface area contributed by atoms with E-state index in [4.69, 9.17) is 9.84 Å². The van der Waals surface area contributed by atoms with E-state index in [1.54, 1.807) is 0 Å². The van der Waals surface area contributed by atoms with Crippen molar-refractivity contribution in [3.05, 3.63) is 12.2 Å². The van der Waals surface area contributed by atoms with Gasteiger partial charge in [-0.25, -0.2) is 4.79 Å². The van der Waals surface area contributed by atoms with Crippen LogP contribution in [0.4, 0.5) is 0 Å². The van der Waals surface area contributed by atoms with Crippen LogP contribution in [0.25, 0.3) is 0 Å². The van der Waals surface area contributed by atoms with Crippen LogP contribution in [0, 0.1) is 0 Å². The van der Waals surface area contributed by atoms with Gasteiger partial charge in [-0.1, -0.05) is 110 Å². The molecule has 0 unspecified atom stereocenters. The van der Waals surface area contributed by atoms with E-state index >= 15 is 0 Å². The monoisotopic (exact) mass is 396 g/mol. The molecule has 0 saturated carbocycles. The lowest BCUT2D eigenvalue weighted by Gasteiger charge is -2.07. The zero-order valence-electron chi connectivity index (χ0n) is 18.8. The van der Waals surface area contributed by atoms with E-state index < -0.39 is 0 Å². The van der Waals surface area contributed by atoms with E-state index in [-0.39, 0.29) is 5.97 Å². The lowest BCUT2D eigenvalue weighted by atomic mass is 10.0. The molecule has 0 bridgehead atoms. The van der Waals surface area contributed by atoms with Gasteiger partial charge in [0.25, 0.3) is 0 Å². The number of aliphatic hydroxyl groups is 1. The van der Waals surface area contributed by atoms with Gasteiger partial charge in [0.15, 0.2) is 0 Å². The van der Waals surface area contributed by atoms with Crippen LogP contribution >= 0.6 is 0 Å². The summed E-state index contributed by atoms with van der Waals surface area (Å²) >= 11 is 0. The van der Waals surface area contributed by atoms with Gasteiger partial charge in [0, 0.05) is 12.2 Å². The Bertz CT molecular complexity index is 352. The SMILES string of the molecule is C=C(CCCCCCCCCC)C(=O)OCCCCCCCCCCCCO. The molecule has 28 heavy (non-hydrogen) atoms. The number of aliphatic hydroxyl groups excluding tert-OH is 1. The molecule has 0 aromatic carbocycles. The molecule has 0 amide bonds. The van der Waals surface area contributed by atoms with Gasteiger partial charge in [-0.2, -0.15) is 0 Å². The number of hydrogen-bond acceptors (Lipinski definition) is 3. The maximum Gasteiger partial charge on any atom is 0.333 e. The zero-order chi connectivity index (χ0) is 20.7. The molecule has 0 aliphatic heterocycles. The summed E-state index contributed by atoms with van der Waals surface area (Å²) in [6.07, 6.45) is 22.9. The predicted octanol–water partition coefficient (Wildman–Crippen LogP) is 7.51. The van der Waals surface area contributed by atoms with Crippen molar-refractivity contribution in [2.75, 3.05) is 13.2 Å². The number of hydrogen-bond donors (Lipinski definition) is 1. The van der Waals surface area contributed by atoms with Crippen molar-refractivity contribution in [3.8, 4) is 0 Å². The number of ether oxygens (including phenoxy) is 1. The van der Waals surface area contributed by atoms with Crippen LogP contribution in [0.15, 0.2) is 12.2 Å². The summed E-state index contributed by atoms with van der Waals surface area (Å²) in [5, 5.41) is 8.73. The molecule has 3 heteroatoms. The highest BCUT2D eigenvalue weighted by Gasteiger charge is 2.07. The highest BCUT2D eigenvalue weighted by Crippen LogP contribution is 2.14. The maximum atomic E-state index is 11.9. The first-order chi connectivity index (χ1) is 13.7. The average molecular weight is 397 g/mol. The predicted molar refractivity (Wildman–Crippen MR) is 121 cm³/mol. The molecule has 3 nitrogen and oxygen atoms in total. The van der Waals surface area contributed by atoms with E-state index in [2.05, 4.69) is 13.5 Å². The maximum absolute atomic E-state index is 11.9. The molecule has 0 rings (SSSR count). The first kappa shape index (κ1) is 27.2. The van der Waals surface area contributed by atoms with Gasteiger partial charge in [0.1, 0.15) is 0 Å². The third-order valence-electron chi connectivity index (χ3n) is 5.41. The molecule has 0 heterocycles. The second kappa shape index (κ2) is 22.5. The molecular formula is C25H48O3. The normalized spacial score (nSPS) is 10.9. The minimum absolute atomic E-state index is 0.189.